The molecule has 1 heterocycles. The molecule has 0 saturated heterocycles. The molecule has 1 aliphatic carbocycles. The summed E-state index contributed by atoms with van der Waals surface area (Å²) in [4.78, 5) is 4.47. The zero-order valence-electron chi connectivity index (χ0n) is 16.1. The lowest BCUT2D eigenvalue weighted by molar-refractivity contribution is 0.241. The van der Waals surface area contributed by atoms with E-state index in [0.717, 1.165) is 5.56 Å². The maximum absolute atomic E-state index is 10.9. The predicted octanol–water partition coefficient (Wildman–Crippen LogP) is 3.77. The van der Waals surface area contributed by atoms with Gasteiger partial charge in [0.15, 0.2) is 0 Å². The van der Waals surface area contributed by atoms with Crippen molar-refractivity contribution >= 4 is 17.1 Å². The molecule has 30 heavy (non-hydrogen) atoms. The van der Waals surface area contributed by atoms with Gasteiger partial charge in [0.25, 0.3) is 5.89 Å². The monoisotopic (exact) mass is 422 g/mol. The van der Waals surface area contributed by atoms with Gasteiger partial charge < -0.3 is 18.0 Å². The van der Waals surface area contributed by atoms with Gasteiger partial charge in [0.1, 0.15) is 28.9 Å². The number of nitrogens with zero attached hydrogens (tertiary/aromatic N) is 3. The van der Waals surface area contributed by atoms with E-state index in [1.807, 2.05) is 19.9 Å². The van der Waals surface area contributed by atoms with E-state index >= 15 is 0 Å². The minimum Gasteiger partial charge on any atom is -0.740 e. The molecule has 2 aromatic carbocycles. The van der Waals surface area contributed by atoms with Crippen LogP contribution in [-0.4, -0.2) is 25.0 Å². The van der Waals surface area contributed by atoms with Crippen LogP contribution in [0.4, 0.5) is 0 Å². The number of ether oxygens (including phenoxy) is 1. The molecule has 0 amide bonds. The Hall–Kier alpha value is -3.48. The molecule has 3 aromatic rings. The average Bonchev–Trinajstić information content (AvgIpc) is 3.35. The highest BCUT2D eigenvalue weighted by Gasteiger charge is 2.22. The van der Waals surface area contributed by atoms with E-state index < -0.39 is 11.4 Å². The van der Waals surface area contributed by atoms with Gasteiger partial charge in [-0.2, -0.15) is 10.2 Å². The Morgan fingerprint density at radius 1 is 1.27 bits per heavy atom. The first kappa shape index (κ1) is 19.8. The number of hydrogen-bond acceptors (Lipinski definition) is 8. The largest absolute Gasteiger partial charge is 0.740 e. The van der Waals surface area contributed by atoms with Crippen LogP contribution in [0.25, 0.3) is 28.6 Å². The fourth-order valence-corrected chi connectivity index (χ4v) is 3.57. The summed E-state index contributed by atoms with van der Waals surface area (Å²) in [5.41, 5.74) is 3.21. The van der Waals surface area contributed by atoms with Crippen LogP contribution in [0.2, 0.25) is 0 Å². The minimum absolute atomic E-state index is 0.0559. The van der Waals surface area contributed by atoms with Crippen molar-refractivity contribution in [1.82, 2.24) is 10.1 Å². The molecular weight excluding hydrogens is 406 g/mol. The smallest absolute Gasteiger partial charge is 0.258 e. The van der Waals surface area contributed by atoms with E-state index in [1.165, 1.54) is 0 Å². The maximum Gasteiger partial charge on any atom is 0.258 e. The molecule has 0 aliphatic heterocycles. The van der Waals surface area contributed by atoms with Gasteiger partial charge in [-0.1, -0.05) is 23.4 Å². The van der Waals surface area contributed by atoms with Crippen molar-refractivity contribution in [1.29, 1.82) is 5.26 Å². The van der Waals surface area contributed by atoms with E-state index in [4.69, 9.17) is 13.4 Å². The van der Waals surface area contributed by atoms with Crippen LogP contribution >= 0.6 is 0 Å². The van der Waals surface area contributed by atoms with Crippen LogP contribution in [0, 0.1) is 11.3 Å². The fraction of sp³-hybridized carbons (Fsp3) is 0.190. The van der Waals surface area contributed by atoms with Crippen LogP contribution in [0.15, 0.2) is 47.0 Å². The number of allylic oxidation sites excluding steroid dienone is 1. The summed E-state index contributed by atoms with van der Waals surface area (Å²) in [6.07, 6.45) is 2.12. The van der Waals surface area contributed by atoms with Crippen molar-refractivity contribution in [2.75, 3.05) is 0 Å². The maximum atomic E-state index is 10.9. The van der Waals surface area contributed by atoms with Crippen LogP contribution in [-0.2, 0) is 22.0 Å². The summed E-state index contributed by atoms with van der Waals surface area (Å²) in [7, 11) is 0. The molecule has 1 unspecified atom stereocenters. The number of benzene rings is 2. The second kappa shape index (κ2) is 8.10. The molecule has 0 N–H and O–H groups in total. The van der Waals surface area contributed by atoms with Crippen molar-refractivity contribution in [3.8, 4) is 34.7 Å². The third kappa shape index (κ3) is 3.83. The highest BCUT2D eigenvalue weighted by molar-refractivity contribution is 7.74. The predicted molar refractivity (Wildman–Crippen MR) is 107 cm³/mol. The molecule has 152 valence electrons. The Morgan fingerprint density at radius 2 is 2.07 bits per heavy atom. The van der Waals surface area contributed by atoms with Crippen LogP contribution in [0.1, 0.15) is 30.5 Å². The summed E-state index contributed by atoms with van der Waals surface area (Å²) >= 11 is -2.65. The zero-order chi connectivity index (χ0) is 21.3. The van der Waals surface area contributed by atoms with Crippen molar-refractivity contribution in [2.24, 2.45) is 0 Å². The van der Waals surface area contributed by atoms with Crippen molar-refractivity contribution in [2.45, 2.75) is 26.4 Å². The number of nitriles is 1. The van der Waals surface area contributed by atoms with Gasteiger partial charge in [0, 0.05) is 16.7 Å². The second-order valence-electron chi connectivity index (χ2n) is 6.80. The van der Waals surface area contributed by atoms with Gasteiger partial charge in [-0.05, 0) is 50.1 Å². The third-order valence-corrected chi connectivity index (χ3v) is 4.78. The van der Waals surface area contributed by atoms with Gasteiger partial charge >= 0.3 is 0 Å². The van der Waals surface area contributed by atoms with Gasteiger partial charge in [-0.25, -0.2) is 4.21 Å². The summed E-state index contributed by atoms with van der Waals surface area (Å²) in [6.45, 7) is 3.77. The highest BCUT2D eigenvalue weighted by Crippen LogP contribution is 2.36. The lowest BCUT2D eigenvalue weighted by atomic mass is 10.0. The van der Waals surface area contributed by atoms with E-state index in [2.05, 4.69) is 16.2 Å². The fourth-order valence-electron chi connectivity index (χ4n) is 3.26. The van der Waals surface area contributed by atoms with E-state index in [-0.39, 0.29) is 17.8 Å². The molecular formula is C21H16N3O5S-. The Balaban J connectivity index is 1.66. The molecule has 1 aliphatic rings. The molecule has 1 atom stereocenters. The molecule has 1 aromatic heterocycles. The first-order valence-corrected chi connectivity index (χ1v) is 10.1. The molecule has 0 spiro atoms. The minimum atomic E-state index is -2.65. The summed E-state index contributed by atoms with van der Waals surface area (Å²) < 4.78 is 37.7. The summed E-state index contributed by atoms with van der Waals surface area (Å²) in [5.74, 6) is 1.40. The Bertz CT molecular complexity index is 1210. The van der Waals surface area contributed by atoms with E-state index in [0.29, 0.717) is 40.2 Å². The molecule has 0 saturated carbocycles. The van der Waals surface area contributed by atoms with Crippen LogP contribution in [0.5, 0.6) is 5.75 Å². The number of rotatable bonds is 6. The van der Waals surface area contributed by atoms with Crippen molar-refractivity contribution in [3.05, 3.63) is 59.2 Å². The highest BCUT2D eigenvalue weighted by atomic mass is 32.2. The normalized spacial score (nSPS) is 13.5. The molecule has 0 fully saturated rings. The Kier molecular flexibility index (Phi) is 5.35. The van der Waals surface area contributed by atoms with Crippen LogP contribution in [0.3, 0.4) is 0 Å². The molecule has 0 radical (unpaired) electrons. The quantitative estimate of drug-likeness (QED) is 0.550. The molecule has 4 rings (SSSR count). The first-order valence-electron chi connectivity index (χ1n) is 9.11. The Labute approximate surface area is 175 Å². The lowest BCUT2D eigenvalue weighted by Gasteiger charge is -2.11. The van der Waals surface area contributed by atoms with Crippen molar-refractivity contribution < 1.29 is 22.2 Å². The lowest BCUT2D eigenvalue weighted by Crippen LogP contribution is -2.06. The molecule has 0 bridgehead atoms. The Morgan fingerprint density at radius 3 is 2.80 bits per heavy atom. The standard InChI is InChI=1S/C21H17N3O5S/c1-12(2)27-18-8-6-13(10-14(18)11-22)21-23-20(24-28-21)17-5-3-4-16-15(17)7-9-19(16)29-30(25)26/h3-6,8-10,12H,7H2,1-2H3,(H,25,26)/p-1. The molecule has 8 nitrogen and oxygen atoms in total. The second-order valence-corrected chi connectivity index (χ2v) is 7.38. The number of fused-ring (bicyclic) bond motifs is 1. The topological polar surface area (TPSA) is 121 Å². The van der Waals surface area contributed by atoms with Gasteiger partial charge in [-0.3, -0.25) is 0 Å². The van der Waals surface area contributed by atoms with Crippen LogP contribution < -0.4 is 4.74 Å². The van der Waals surface area contributed by atoms with Gasteiger partial charge in [0.2, 0.25) is 5.82 Å². The summed E-state index contributed by atoms with van der Waals surface area (Å²) in [5, 5.41) is 13.5. The SMILES string of the molecule is CC(C)Oc1ccc(-c2nc(-c3cccc4c3CC=C4OS(=O)[O-])no2)cc1C#N. The molecule has 9 heteroatoms. The third-order valence-electron chi connectivity index (χ3n) is 4.47. The number of aromatic nitrogens is 2. The van der Waals surface area contributed by atoms with Gasteiger partial charge in [-0.15, -0.1) is 0 Å². The average molecular weight is 422 g/mol. The van der Waals surface area contributed by atoms with Gasteiger partial charge in [0.05, 0.1) is 11.7 Å². The number of hydrogen-bond donors (Lipinski definition) is 0. The summed E-state index contributed by atoms with van der Waals surface area (Å²) in [6, 6.07) is 12.6. The first-order chi connectivity index (χ1) is 14.5. The van der Waals surface area contributed by atoms with E-state index in [1.54, 1.807) is 36.4 Å². The zero-order valence-corrected chi connectivity index (χ0v) is 16.9. The van der Waals surface area contributed by atoms with E-state index in [9.17, 15) is 14.0 Å². The van der Waals surface area contributed by atoms with Crippen molar-refractivity contribution in [3.63, 3.8) is 0 Å².